The Morgan fingerprint density at radius 3 is 2.62 bits per heavy atom. The molecule has 0 aliphatic carbocycles. The topological polar surface area (TPSA) is 32.8 Å². The number of halogens is 4. The van der Waals surface area contributed by atoms with Gasteiger partial charge in [0.2, 0.25) is 5.91 Å². The van der Waals surface area contributed by atoms with E-state index >= 15 is 0 Å². The predicted octanol–water partition coefficient (Wildman–Crippen LogP) is 3.88. The maximum atomic E-state index is 13.1. The molecule has 1 atom stereocenters. The van der Waals surface area contributed by atoms with Crippen molar-refractivity contribution in [3.8, 4) is 0 Å². The number of rotatable bonds is 5. The zero-order valence-corrected chi connectivity index (χ0v) is 16.0. The summed E-state index contributed by atoms with van der Waals surface area (Å²) >= 11 is 0. The van der Waals surface area contributed by atoms with Crippen LogP contribution in [0.5, 0.6) is 0 Å². The SMILES string of the molecule is CN(CC(=O)N1CCOC(c2ccc(F)cc2)C1)Cc1cccc(C(F)(F)F)c1. The lowest BCUT2D eigenvalue weighted by Crippen LogP contribution is -2.46. The van der Waals surface area contributed by atoms with Gasteiger partial charge in [-0.1, -0.05) is 30.3 Å². The maximum Gasteiger partial charge on any atom is 0.416 e. The number of ether oxygens (including phenoxy) is 1. The van der Waals surface area contributed by atoms with Crippen LogP contribution < -0.4 is 0 Å². The van der Waals surface area contributed by atoms with Gasteiger partial charge in [-0.15, -0.1) is 0 Å². The number of carbonyl (C=O) groups is 1. The van der Waals surface area contributed by atoms with E-state index in [1.54, 1.807) is 35.0 Å². The van der Waals surface area contributed by atoms with Crippen LogP contribution in [0.15, 0.2) is 48.5 Å². The lowest BCUT2D eigenvalue weighted by molar-refractivity contribution is -0.140. The fourth-order valence-corrected chi connectivity index (χ4v) is 3.30. The van der Waals surface area contributed by atoms with Crippen LogP contribution in [-0.2, 0) is 22.3 Å². The highest BCUT2D eigenvalue weighted by atomic mass is 19.4. The fourth-order valence-electron chi connectivity index (χ4n) is 3.30. The maximum absolute atomic E-state index is 13.1. The Morgan fingerprint density at radius 2 is 1.93 bits per heavy atom. The van der Waals surface area contributed by atoms with E-state index in [-0.39, 0.29) is 30.9 Å². The van der Waals surface area contributed by atoms with Gasteiger partial charge in [0.15, 0.2) is 0 Å². The second-order valence-corrected chi connectivity index (χ2v) is 7.12. The summed E-state index contributed by atoms with van der Waals surface area (Å²) in [5, 5.41) is 0. The molecule has 2 aromatic carbocycles. The van der Waals surface area contributed by atoms with E-state index in [0.717, 1.165) is 17.7 Å². The molecule has 1 amide bonds. The minimum atomic E-state index is -4.40. The average molecular weight is 410 g/mol. The van der Waals surface area contributed by atoms with Gasteiger partial charge < -0.3 is 9.64 Å². The van der Waals surface area contributed by atoms with E-state index in [9.17, 15) is 22.4 Å². The molecular weight excluding hydrogens is 388 g/mol. The molecule has 1 fully saturated rings. The number of morpholine rings is 1. The van der Waals surface area contributed by atoms with Crippen LogP contribution in [0.2, 0.25) is 0 Å². The number of amides is 1. The van der Waals surface area contributed by atoms with Crippen LogP contribution in [-0.4, -0.2) is 49.0 Å². The zero-order valence-electron chi connectivity index (χ0n) is 16.0. The molecule has 0 aromatic heterocycles. The Labute approximate surface area is 166 Å². The Kier molecular flexibility index (Phi) is 6.54. The van der Waals surface area contributed by atoms with Gasteiger partial charge in [-0.25, -0.2) is 4.39 Å². The molecule has 1 heterocycles. The van der Waals surface area contributed by atoms with E-state index in [1.807, 2.05) is 0 Å². The van der Waals surface area contributed by atoms with Crippen molar-refractivity contribution in [1.82, 2.24) is 9.80 Å². The smallest absolute Gasteiger partial charge is 0.370 e. The molecule has 2 aromatic rings. The molecule has 0 spiro atoms. The van der Waals surface area contributed by atoms with Crippen molar-refractivity contribution in [2.24, 2.45) is 0 Å². The minimum Gasteiger partial charge on any atom is -0.370 e. The number of alkyl halides is 3. The largest absolute Gasteiger partial charge is 0.416 e. The van der Waals surface area contributed by atoms with Crippen LogP contribution in [0.1, 0.15) is 22.8 Å². The van der Waals surface area contributed by atoms with Gasteiger partial charge in [-0.05, 0) is 36.4 Å². The van der Waals surface area contributed by atoms with Crippen LogP contribution >= 0.6 is 0 Å². The average Bonchev–Trinajstić information content (AvgIpc) is 2.68. The molecule has 1 aliphatic rings. The third-order valence-electron chi connectivity index (χ3n) is 4.77. The van der Waals surface area contributed by atoms with Gasteiger partial charge in [-0.3, -0.25) is 9.69 Å². The summed E-state index contributed by atoms with van der Waals surface area (Å²) in [6.07, 6.45) is -4.73. The summed E-state index contributed by atoms with van der Waals surface area (Å²) in [5.74, 6) is -0.469. The molecule has 4 nitrogen and oxygen atoms in total. The first-order valence-electron chi connectivity index (χ1n) is 9.22. The van der Waals surface area contributed by atoms with E-state index in [0.29, 0.717) is 25.3 Å². The molecule has 1 saturated heterocycles. The van der Waals surface area contributed by atoms with Gasteiger partial charge in [0.1, 0.15) is 11.9 Å². The van der Waals surface area contributed by atoms with Crippen LogP contribution in [0, 0.1) is 5.82 Å². The summed E-state index contributed by atoms with van der Waals surface area (Å²) in [5.41, 5.74) is 0.576. The zero-order chi connectivity index (χ0) is 21.0. The normalized spacial score (nSPS) is 17.6. The highest BCUT2D eigenvalue weighted by Gasteiger charge is 2.30. The molecule has 0 radical (unpaired) electrons. The highest BCUT2D eigenvalue weighted by Crippen LogP contribution is 2.29. The first-order chi connectivity index (χ1) is 13.7. The van der Waals surface area contributed by atoms with Crippen molar-refractivity contribution in [1.29, 1.82) is 0 Å². The monoisotopic (exact) mass is 410 g/mol. The predicted molar refractivity (Wildman–Crippen MR) is 99.5 cm³/mol. The van der Waals surface area contributed by atoms with Gasteiger partial charge in [-0.2, -0.15) is 13.2 Å². The van der Waals surface area contributed by atoms with Crippen molar-refractivity contribution in [2.45, 2.75) is 18.8 Å². The van der Waals surface area contributed by atoms with E-state index < -0.39 is 11.7 Å². The quantitative estimate of drug-likeness (QED) is 0.702. The first kappa shape index (κ1) is 21.3. The Bertz CT molecular complexity index is 839. The van der Waals surface area contributed by atoms with Crippen LogP contribution in [0.3, 0.4) is 0 Å². The molecule has 156 valence electrons. The number of hydrogen-bond acceptors (Lipinski definition) is 3. The van der Waals surface area contributed by atoms with Gasteiger partial charge in [0.05, 0.1) is 25.3 Å². The van der Waals surface area contributed by atoms with Gasteiger partial charge in [0, 0.05) is 13.1 Å². The molecular formula is C21H22F4N2O2. The van der Waals surface area contributed by atoms with E-state index in [1.165, 1.54) is 18.2 Å². The summed E-state index contributed by atoms with van der Waals surface area (Å²) in [4.78, 5) is 16.0. The lowest BCUT2D eigenvalue weighted by Gasteiger charge is -2.34. The second-order valence-electron chi connectivity index (χ2n) is 7.12. The van der Waals surface area contributed by atoms with Crippen molar-refractivity contribution in [3.05, 3.63) is 71.0 Å². The summed E-state index contributed by atoms with van der Waals surface area (Å²) in [7, 11) is 1.69. The first-order valence-corrected chi connectivity index (χ1v) is 9.22. The number of benzene rings is 2. The summed E-state index contributed by atoms with van der Waals surface area (Å²) < 4.78 is 57.3. The summed E-state index contributed by atoms with van der Waals surface area (Å²) in [6, 6.07) is 11.1. The molecule has 1 unspecified atom stereocenters. The van der Waals surface area contributed by atoms with E-state index in [4.69, 9.17) is 4.74 Å². The highest BCUT2D eigenvalue weighted by molar-refractivity contribution is 5.78. The standard InChI is InChI=1S/C21H22F4N2O2/c1-26(12-15-3-2-4-17(11-15)21(23,24)25)14-20(28)27-9-10-29-19(13-27)16-5-7-18(22)8-6-16/h2-8,11,19H,9-10,12-14H2,1H3. The number of carbonyl (C=O) groups excluding carboxylic acids is 1. The molecule has 0 bridgehead atoms. The van der Waals surface area contributed by atoms with Gasteiger partial charge in [0.25, 0.3) is 0 Å². The fraction of sp³-hybridized carbons (Fsp3) is 0.381. The van der Waals surface area contributed by atoms with Crippen molar-refractivity contribution in [2.75, 3.05) is 33.3 Å². The number of likely N-dealkylation sites (N-methyl/N-ethyl adjacent to an activating group) is 1. The van der Waals surface area contributed by atoms with Crippen LogP contribution in [0.25, 0.3) is 0 Å². The number of hydrogen-bond donors (Lipinski definition) is 0. The number of nitrogens with zero attached hydrogens (tertiary/aromatic N) is 2. The van der Waals surface area contributed by atoms with Crippen LogP contribution in [0.4, 0.5) is 17.6 Å². The van der Waals surface area contributed by atoms with E-state index in [2.05, 4.69) is 0 Å². The Morgan fingerprint density at radius 1 is 1.21 bits per heavy atom. The molecule has 8 heteroatoms. The lowest BCUT2D eigenvalue weighted by atomic mass is 10.1. The molecule has 1 aliphatic heterocycles. The molecule has 3 rings (SSSR count). The summed E-state index contributed by atoms with van der Waals surface area (Å²) in [6.45, 7) is 1.45. The Balaban J connectivity index is 1.57. The molecule has 0 saturated carbocycles. The molecule has 29 heavy (non-hydrogen) atoms. The Hall–Kier alpha value is -2.45. The van der Waals surface area contributed by atoms with Crippen molar-refractivity contribution in [3.63, 3.8) is 0 Å². The van der Waals surface area contributed by atoms with Crippen molar-refractivity contribution < 1.29 is 27.1 Å². The second kappa shape index (κ2) is 8.92. The minimum absolute atomic E-state index is 0.0758. The molecule has 0 N–H and O–H groups in total. The van der Waals surface area contributed by atoms with Gasteiger partial charge >= 0.3 is 6.18 Å². The third kappa shape index (κ3) is 5.77. The third-order valence-corrected chi connectivity index (χ3v) is 4.77. The van der Waals surface area contributed by atoms with Crippen molar-refractivity contribution >= 4 is 5.91 Å².